The molecule has 0 saturated heterocycles. The molecule has 0 fully saturated rings. The maximum absolute atomic E-state index is 14.2. The van der Waals surface area contributed by atoms with E-state index in [9.17, 15) is 17.6 Å². The van der Waals surface area contributed by atoms with Crippen molar-refractivity contribution in [3.63, 3.8) is 0 Å². The number of hydrogen-bond acceptors (Lipinski definition) is 0. The summed E-state index contributed by atoms with van der Waals surface area (Å²) in [4.78, 5) is 0. The molecule has 0 spiro atoms. The molecule has 0 N–H and O–H groups in total. The summed E-state index contributed by atoms with van der Waals surface area (Å²) in [7, 11) is 0. The summed E-state index contributed by atoms with van der Waals surface area (Å²) < 4.78 is 56.3. The van der Waals surface area contributed by atoms with E-state index in [4.69, 9.17) is 0 Å². The van der Waals surface area contributed by atoms with Crippen LogP contribution in [0.2, 0.25) is 0 Å². The quantitative estimate of drug-likeness (QED) is 0.459. The first-order chi connectivity index (χ1) is 8.39. The van der Waals surface area contributed by atoms with Gasteiger partial charge >= 0.3 is 11.8 Å². The number of alkyl halides is 4. The average Bonchev–Trinajstić information content (AvgIpc) is 2.35. The molecule has 0 unspecified atom stereocenters. The third-order valence-corrected chi connectivity index (χ3v) is 4.85. The van der Waals surface area contributed by atoms with Crippen LogP contribution in [0.1, 0.15) is 73.6 Å². The van der Waals surface area contributed by atoms with Gasteiger partial charge in [-0.15, -0.1) is 0 Å². The fraction of sp³-hybridized carbons (Fsp3) is 1.00. The van der Waals surface area contributed by atoms with E-state index < -0.39 is 23.7 Å². The van der Waals surface area contributed by atoms with Gasteiger partial charge in [0.05, 0.1) is 0 Å². The van der Waals surface area contributed by atoms with Gasteiger partial charge in [-0.2, -0.15) is 17.6 Å². The molecule has 0 radical (unpaired) electrons. The average molecular weight is 284 g/mol. The summed E-state index contributed by atoms with van der Waals surface area (Å²) in [5, 5.41) is 0. The Morgan fingerprint density at radius 1 is 0.684 bits per heavy atom. The Hall–Kier alpha value is -0.280. The Labute approximate surface area is 115 Å². The molecule has 0 aliphatic rings. The van der Waals surface area contributed by atoms with Crippen molar-refractivity contribution in [2.75, 3.05) is 0 Å². The highest BCUT2D eigenvalue weighted by molar-refractivity contribution is 4.97. The van der Waals surface area contributed by atoms with Crippen LogP contribution in [0.3, 0.4) is 0 Å². The molecule has 0 saturated carbocycles. The fourth-order valence-corrected chi connectivity index (χ4v) is 1.96. The van der Waals surface area contributed by atoms with E-state index in [0.29, 0.717) is 6.42 Å². The normalized spacial score (nSPS) is 14.8. The van der Waals surface area contributed by atoms with E-state index in [0.717, 1.165) is 0 Å². The van der Waals surface area contributed by atoms with Crippen molar-refractivity contribution in [2.45, 2.75) is 85.5 Å². The van der Waals surface area contributed by atoms with Crippen molar-refractivity contribution < 1.29 is 17.6 Å². The minimum atomic E-state index is -3.96. The second-order valence-electron chi connectivity index (χ2n) is 6.56. The zero-order valence-corrected chi connectivity index (χ0v) is 13.0. The molecule has 0 aromatic carbocycles. The highest BCUT2D eigenvalue weighted by Crippen LogP contribution is 2.53. The molecule has 19 heavy (non-hydrogen) atoms. The lowest BCUT2D eigenvalue weighted by Gasteiger charge is -2.41. The van der Waals surface area contributed by atoms with E-state index in [1.807, 2.05) is 20.8 Å². The SMILES string of the molecule is CCC(C)(C)CCC(F)(F)C(F)(F)C(C)(CC)CC. The summed E-state index contributed by atoms with van der Waals surface area (Å²) in [6.45, 7) is 9.90. The number of hydrogen-bond donors (Lipinski definition) is 0. The zero-order valence-electron chi connectivity index (χ0n) is 13.0. The van der Waals surface area contributed by atoms with Crippen LogP contribution in [0, 0.1) is 10.8 Å². The van der Waals surface area contributed by atoms with Crippen LogP contribution in [-0.2, 0) is 0 Å². The summed E-state index contributed by atoms with van der Waals surface area (Å²) >= 11 is 0. The number of rotatable bonds is 8. The molecule has 0 aliphatic heterocycles. The lowest BCUT2D eigenvalue weighted by atomic mass is 9.73. The largest absolute Gasteiger partial charge is 0.315 e. The van der Waals surface area contributed by atoms with Gasteiger partial charge in [-0.3, -0.25) is 0 Å². The highest BCUT2D eigenvalue weighted by atomic mass is 19.3. The Bertz CT molecular complexity index is 278. The molecule has 0 heterocycles. The maximum Gasteiger partial charge on any atom is 0.315 e. The van der Waals surface area contributed by atoms with Gasteiger partial charge in [0, 0.05) is 11.8 Å². The monoisotopic (exact) mass is 284 g/mol. The predicted molar refractivity (Wildman–Crippen MR) is 71.9 cm³/mol. The molecule has 116 valence electrons. The van der Waals surface area contributed by atoms with Crippen LogP contribution >= 0.6 is 0 Å². The first-order valence-corrected chi connectivity index (χ1v) is 7.15. The molecule has 0 aromatic heterocycles. The van der Waals surface area contributed by atoms with Crippen molar-refractivity contribution in [2.24, 2.45) is 10.8 Å². The molecule has 0 atom stereocenters. The Morgan fingerprint density at radius 3 is 1.42 bits per heavy atom. The summed E-state index contributed by atoms with van der Waals surface area (Å²) in [5.41, 5.74) is -1.97. The summed E-state index contributed by atoms with van der Waals surface area (Å²) in [5.74, 6) is -7.91. The van der Waals surface area contributed by atoms with E-state index in [1.54, 1.807) is 13.8 Å². The van der Waals surface area contributed by atoms with Gasteiger partial charge in [0.15, 0.2) is 0 Å². The lowest BCUT2D eigenvalue weighted by molar-refractivity contribution is -0.270. The molecular weight excluding hydrogens is 256 g/mol. The molecule has 0 aliphatic carbocycles. The molecule has 0 bridgehead atoms. The Kier molecular flexibility index (Phi) is 5.92. The van der Waals surface area contributed by atoms with Crippen LogP contribution in [0.5, 0.6) is 0 Å². The smallest absolute Gasteiger partial charge is 0.200 e. The van der Waals surface area contributed by atoms with Crippen LogP contribution in [0.15, 0.2) is 0 Å². The minimum absolute atomic E-state index is 0.0449. The van der Waals surface area contributed by atoms with Gasteiger partial charge < -0.3 is 0 Å². The maximum atomic E-state index is 14.2. The highest BCUT2D eigenvalue weighted by Gasteiger charge is 2.64. The summed E-state index contributed by atoms with van der Waals surface area (Å²) in [6, 6.07) is 0. The van der Waals surface area contributed by atoms with Crippen molar-refractivity contribution in [1.82, 2.24) is 0 Å². The van der Waals surface area contributed by atoms with Crippen LogP contribution < -0.4 is 0 Å². The third-order valence-electron chi connectivity index (χ3n) is 4.85. The van der Waals surface area contributed by atoms with Crippen molar-refractivity contribution in [3.05, 3.63) is 0 Å². The Balaban J connectivity index is 5.07. The zero-order chi connectivity index (χ0) is 15.5. The van der Waals surface area contributed by atoms with E-state index in [1.165, 1.54) is 6.92 Å². The molecule has 0 aromatic rings. The first kappa shape index (κ1) is 18.7. The summed E-state index contributed by atoms with van der Waals surface area (Å²) in [6.07, 6.45) is 0.145. The molecule has 4 heteroatoms. The van der Waals surface area contributed by atoms with Crippen molar-refractivity contribution in [1.29, 1.82) is 0 Å². The van der Waals surface area contributed by atoms with Gasteiger partial charge in [-0.05, 0) is 24.7 Å². The third kappa shape index (κ3) is 3.85. The van der Waals surface area contributed by atoms with Crippen molar-refractivity contribution >= 4 is 0 Å². The second-order valence-corrected chi connectivity index (χ2v) is 6.56. The van der Waals surface area contributed by atoms with Crippen LogP contribution in [0.4, 0.5) is 17.6 Å². The van der Waals surface area contributed by atoms with E-state index in [-0.39, 0.29) is 24.7 Å². The standard InChI is InChI=1S/C15H28F4/c1-7-12(4,5)10-11-14(16,17)15(18,19)13(6,8-2)9-3/h7-11H2,1-6H3. The molecule has 0 amide bonds. The minimum Gasteiger partial charge on any atom is -0.200 e. The van der Waals surface area contributed by atoms with Crippen LogP contribution in [0.25, 0.3) is 0 Å². The predicted octanol–water partition coefficient (Wildman–Crippen LogP) is 6.30. The number of halogens is 4. The lowest BCUT2D eigenvalue weighted by Crippen LogP contribution is -2.52. The molecule has 0 rings (SSSR count). The van der Waals surface area contributed by atoms with Gasteiger partial charge in [0.2, 0.25) is 0 Å². The van der Waals surface area contributed by atoms with Gasteiger partial charge in [0.1, 0.15) is 0 Å². The van der Waals surface area contributed by atoms with Gasteiger partial charge in [0.25, 0.3) is 0 Å². The van der Waals surface area contributed by atoms with Gasteiger partial charge in [-0.1, -0.05) is 48.0 Å². The van der Waals surface area contributed by atoms with Crippen molar-refractivity contribution in [3.8, 4) is 0 Å². The topological polar surface area (TPSA) is 0 Å². The van der Waals surface area contributed by atoms with E-state index >= 15 is 0 Å². The fourth-order valence-electron chi connectivity index (χ4n) is 1.96. The molecule has 0 nitrogen and oxygen atoms in total. The van der Waals surface area contributed by atoms with Gasteiger partial charge in [-0.25, -0.2) is 0 Å². The Morgan fingerprint density at radius 2 is 1.11 bits per heavy atom. The van der Waals surface area contributed by atoms with Crippen LogP contribution in [-0.4, -0.2) is 11.8 Å². The first-order valence-electron chi connectivity index (χ1n) is 7.15. The second kappa shape index (κ2) is 6.01. The molecular formula is C15H28F4. The van der Waals surface area contributed by atoms with E-state index in [2.05, 4.69) is 0 Å².